The van der Waals surface area contributed by atoms with E-state index in [9.17, 15) is 32.4 Å². The first-order valence-electron chi connectivity index (χ1n) is 17.1. The van der Waals surface area contributed by atoms with Crippen molar-refractivity contribution >= 4 is 39.6 Å². The lowest BCUT2D eigenvalue weighted by atomic mass is 9.80. The van der Waals surface area contributed by atoms with Crippen LogP contribution in [0.5, 0.6) is 0 Å². The zero-order valence-corrected chi connectivity index (χ0v) is 30.1. The standard InChI is InChI=1S/C33H56N6O7S/c1-31(2,3)26(37-30(44)38-32(4,5)6)29(43)39-18-21-23(33(21,7)8)24(39)27(41)36-22(16-19-10-9-11-19)25(40)28(42)34-14-15-47(45,46)35-17-20-12-13-20/h19-24,26,35H,9-18H2,1-8H3,(H,34,42)(H,36,41)(H2,37,38,44)/t21-,22?,23-,24-,26+/m0/s1. The Bertz CT molecular complexity index is 1340. The van der Waals surface area contributed by atoms with Crippen LogP contribution in [0.2, 0.25) is 0 Å². The van der Waals surface area contributed by atoms with Gasteiger partial charge in [-0.2, -0.15) is 0 Å². The van der Waals surface area contributed by atoms with E-state index in [1.54, 1.807) is 0 Å². The molecule has 13 nitrogen and oxygen atoms in total. The van der Waals surface area contributed by atoms with Gasteiger partial charge in [0.2, 0.25) is 27.6 Å². The maximum atomic E-state index is 14.2. The van der Waals surface area contributed by atoms with Crippen molar-refractivity contribution in [3.8, 4) is 0 Å². The predicted molar refractivity (Wildman–Crippen MR) is 177 cm³/mol. The van der Waals surface area contributed by atoms with Gasteiger partial charge in [0.25, 0.3) is 5.91 Å². The Morgan fingerprint density at radius 3 is 2.09 bits per heavy atom. The third-order valence-electron chi connectivity index (χ3n) is 10.2. The average Bonchev–Trinajstić information content (AvgIpc) is 3.77. The number of hydrogen-bond acceptors (Lipinski definition) is 7. The van der Waals surface area contributed by atoms with Crippen molar-refractivity contribution in [3.05, 3.63) is 0 Å². The van der Waals surface area contributed by atoms with Crippen LogP contribution in [0.25, 0.3) is 0 Å². The number of ketones is 1. The smallest absolute Gasteiger partial charge is 0.315 e. The maximum Gasteiger partial charge on any atom is 0.315 e. The maximum absolute atomic E-state index is 14.2. The third kappa shape index (κ3) is 9.45. The van der Waals surface area contributed by atoms with Gasteiger partial charge in [-0.15, -0.1) is 0 Å². The predicted octanol–water partition coefficient (Wildman–Crippen LogP) is 1.67. The molecule has 0 aromatic rings. The number of nitrogens with one attached hydrogen (secondary N) is 5. The lowest BCUT2D eigenvalue weighted by Crippen LogP contribution is -2.62. The van der Waals surface area contributed by atoms with Crippen molar-refractivity contribution < 1.29 is 32.4 Å². The molecule has 3 saturated carbocycles. The molecule has 1 heterocycles. The highest BCUT2D eigenvalue weighted by atomic mass is 32.2. The van der Waals surface area contributed by atoms with E-state index >= 15 is 0 Å². The van der Waals surface area contributed by atoms with Gasteiger partial charge in [-0.3, -0.25) is 19.2 Å². The number of urea groups is 1. The number of nitrogens with zero attached hydrogens (tertiary/aromatic N) is 1. The van der Waals surface area contributed by atoms with Crippen molar-refractivity contribution in [3.63, 3.8) is 0 Å². The first kappa shape index (κ1) is 37.1. The fourth-order valence-electron chi connectivity index (χ4n) is 6.87. The SMILES string of the molecule is CC(C)(C)NC(=O)N[C@H](C(=O)N1C[C@H]2[C@@H]([C@H]1C(=O)NC(CC1CCC1)C(=O)C(=O)NCCS(=O)(=O)NCC1CC1)C2(C)C)C(C)(C)C. The van der Waals surface area contributed by atoms with E-state index in [0.29, 0.717) is 19.0 Å². The molecule has 3 aliphatic carbocycles. The monoisotopic (exact) mass is 680 g/mol. The van der Waals surface area contributed by atoms with Crippen LogP contribution in [0.15, 0.2) is 0 Å². The van der Waals surface area contributed by atoms with Crippen LogP contribution in [0, 0.1) is 34.5 Å². The summed E-state index contributed by atoms with van der Waals surface area (Å²) in [6, 6.07) is -3.39. The van der Waals surface area contributed by atoms with Gasteiger partial charge < -0.3 is 26.2 Å². The van der Waals surface area contributed by atoms with Crippen LogP contribution in [0.3, 0.4) is 0 Å². The lowest BCUT2D eigenvalue weighted by Gasteiger charge is -2.38. The van der Waals surface area contributed by atoms with Gasteiger partial charge in [-0.05, 0) is 74.5 Å². The first-order valence-corrected chi connectivity index (χ1v) is 18.7. The molecule has 5 N–H and O–H groups in total. The van der Waals surface area contributed by atoms with Crippen LogP contribution < -0.4 is 26.0 Å². The van der Waals surface area contributed by atoms with Crippen LogP contribution in [-0.4, -0.2) is 91.9 Å². The van der Waals surface area contributed by atoms with E-state index in [2.05, 4.69) is 39.8 Å². The van der Waals surface area contributed by atoms with Crippen LogP contribution in [0.1, 0.15) is 93.9 Å². The first-order chi connectivity index (χ1) is 21.6. The van der Waals surface area contributed by atoms with Crippen molar-refractivity contribution in [2.75, 3.05) is 25.4 Å². The number of likely N-dealkylation sites (tertiary alicyclic amines) is 1. The van der Waals surface area contributed by atoms with E-state index in [1.165, 1.54) is 4.90 Å². The number of amides is 5. The Hall–Kier alpha value is -2.74. The summed E-state index contributed by atoms with van der Waals surface area (Å²) in [5.41, 5.74) is -1.39. The number of carbonyl (C=O) groups excluding carboxylic acids is 5. The summed E-state index contributed by atoms with van der Waals surface area (Å²) < 4.78 is 27.1. The molecule has 4 fully saturated rings. The topological polar surface area (TPSA) is 183 Å². The van der Waals surface area contributed by atoms with Gasteiger partial charge in [0, 0.05) is 25.2 Å². The molecule has 5 atom stereocenters. The number of piperidine rings is 1. The van der Waals surface area contributed by atoms with Gasteiger partial charge in [0.15, 0.2) is 0 Å². The Labute approximate surface area is 279 Å². The normalized spacial score (nSPS) is 25.1. The Morgan fingerprint density at radius 2 is 1.55 bits per heavy atom. The van der Waals surface area contributed by atoms with E-state index in [1.807, 2.05) is 41.5 Å². The molecule has 0 aromatic heterocycles. The minimum atomic E-state index is -3.60. The second-order valence-corrected chi connectivity index (χ2v) is 18.8. The molecule has 1 aliphatic heterocycles. The summed E-state index contributed by atoms with van der Waals surface area (Å²) in [6.07, 6.45) is 5.05. The second kappa shape index (κ2) is 13.6. The van der Waals surface area contributed by atoms with E-state index in [4.69, 9.17) is 0 Å². The zero-order chi connectivity index (χ0) is 35.1. The fourth-order valence-corrected chi connectivity index (χ4v) is 7.87. The molecule has 4 aliphatic rings. The van der Waals surface area contributed by atoms with Crippen LogP contribution in [0.4, 0.5) is 4.79 Å². The van der Waals surface area contributed by atoms with Gasteiger partial charge in [0.1, 0.15) is 12.1 Å². The van der Waals surface area contributed by atoms with Gasteiger partial charge in [0.05, 0.1) is 11.8 Å². The minimum Gasteiger partial charge on any atom is -0.348 e. The molecule has 1 saturated heterocycles. The molecule has 47 heavy (non-hydrogen) atoms. The van der Waals surface area contributed by atoms with Gasteiger partial charge in [-0.25, -0.2) is 17.9 Å². The molecule has 4 rings (SSSR count). The summed E-state index contributed by atoms with van der Waals surface area (Å²) >= 11 is 0. The Morgan fingerprint density at radius 1 is 0.915 bits per heavy atom. The van der Waals surface area contributed by atoms with E-state index < -0.39 is 62.7 Å². The van der Waals surface area contributed by atoms with Gasteiger partial charge >= 0.3 is 6.03 Å². The Kier molecular flexibility index (Phi) is 10.8. The molecule has 0 spiro atoms. The quantitative estimate of drug-likeness (QED) is 0.173. The highest BCUT2D eigenvalue weighted by Crippen LogP contribution is 2.65. The number of carbonyl (C=O) groups is 5. The molecule has 0 bridgehead atoms. The van der Waals surface area contributed by atoms with E-state index in [0.717, 1.165) is 32.1 Å². The molecule has 266 valence electrons. The van der Waals surface area contributed by atoms with Crippen molar-refractivity contribution in [1.29, 1.82) is 0 Å². The molecule has 0 radical (unpaired) electrons. The van der Waals surface area contributed by atoms with Crippen molar-refractivity contribution in [1.82, 2.24) is 30.9 Å². The van der Waals surface area contributed by atoms with Crippen LogP contribution >= 0.6 is 0 Å². The fraction of sp³-hybridized carbons (Fsp3) is 0.848. The summed E-state index contributed by atoms with van der Waals surface area (Å²) in [5, 5.41) is 10.9. The third-order valence-corrected chi connectivity index (χ3v) is 11.6. The molecule has 5 amide bonds. The number of rotatable bonds is 14. The second-order valence-electron chi connectivity index (χ2n) is 16.9. The number of sulfonamides is 1. The molecular weight excluding hydrogens is 624 g/mol. The number of fused-ring (bicyclic) bond motifs is 1. The summed E-state index contributed by atoms with van der Waals surface area (Å²) in [7, 11) is -3.60. The lowest BCUT2D eigenvalue weighted by molar-refractivity contribution is -0.145. The zero-order valence-electron chi connectivity index (χ0n) is 29.3. The Balaban J connectivity index is 1.46. The highest BCUT2D eigenvalue weighted by Gasteiger charge is 2.70. The largest absolute Gasteiger partial charge is 0.348 e. The van der Waals surface area contributed by atoms with Crippen molar-refractivity contribution in [2.24, 2.45) is 34.5 Å². The van der Waals surface area contributed by atoms with Crippen LogP contribution in [-0.2, 0) is 29.2 Å². The summed E-state index contributed by atoms with van der Waals surface area (Å²) in [5.74, 6) is -2.53. The van der Waals surface area contributed by atoms with Crippen molar-refractivity contribution in [2.45, 2.75) is 118 Å². The molecule has 0 aromatic carbocycles. The number of hydrogen-bond donors (Lipinski definition) is 5. The molecule has 14 heteroatoms. The van der Waals surface area contributed by atoms with E-state index in [-0.39, 0.29) is 47.8 Å². The molecular formula is C33H56N6O7S. The average molecular weight is 681 g/mol. The highest BCUT2D eigenvalue weighted by molar-refractivity contribution is 7.89. The van der Waals surface area contributed by atoms with Gasteiger partial charge in [-0.1, -0.05) is 53.9 Å². The summed E-state index contributed by atoms with van der Waals surface area (Å²) in [6.45, 7) is 15.7. The minimum absolute atomic E-state index is 0.0748. The summed E-state index contributed by atoms with van der Waals surface area (Å²) in [4.78, 5) is 69.0. The molecule has 1 unspecified atom stereocenters. The number of Topliss-reactive ketones (excluding diaryl/α,β-unsaturated/α-hetero) is 1.